The molecular weight excluding hydrogens is 323 g/mol. The molecule has 2 aromatic rings. The van der Waals surface area contributed by atoms with Gasteiger partial charge in [-0.2, -0.15) is 0 Å². The van der Waals surface area contributed by atoms with Crippen LogP contribution in [0.3, 0.4) is 0 Å². The van der Waals surface area contributed by atoms with E-state index >= 15 is 0 Å². The first kappa shape index (κ1) is 15.0. The zero-order valence-corrected chi connectivity index (χ0v) is 12.7. The minimum atomic E-state index is -0.345. The molecule has 0 aliphatic heterocycles. The molecule has 2 rings (SSSR count). The van der Waals surface area contributed by atoms with E-state index in [1.807, 2.05) is 24.3 Å². The normalized spacial score (nSPS) is 12.2. The zero-order valence-electron chi connectivity index (χ0n) is 11.1. The fraction of sp³-hybridized carbons (Fsp3) is 0.200. The van der Waals surface area contributed by atoms with Crippen LogP contribution in [0.15, 0.2) is 46.9 Å². The summed E-state index contributed by atoms with van der Waals surface area (Å²) in [5.41, 5.74) is 4.28. The number of hydrogen-bond acceptors (Lipinski definition) is 3. The van der Waals surface area contributed by atoms with Gasteiger partial charge >= 0.3 is 0 Å². The van der Waals surface area contributed by atoms with Crippen LogP contribution in [-0.2, 0) is 6.42 Å². The number of hydrogen-bond donors (Lipinski definition) is 2. The summed E-state index contributed by atoms with van der Waals surface area (Å²) in [6.07, 6.45) is 0.433. The smallest absolute Gasteiger partial charge is 0.168 e. The first-order valence-electron chi connectivity index (χ1n) is 6.19. The molecule has 0 saturated carbocycles. The minimum absolute atomic E-state index is 0.188. The molecule has 0 aromatic heterocycles. The highest BCUT2D eigenvalue weighted by Crippen LogP contribution is 2.28. The van der Waals surface area contributed by atoms with Crippen molar-refractivity contribution >= 4 is 15.9 Å². The molecule has 106 valence electrons. The Morgan fingerprint density at radius 1 is 1.25 bits per heavy atom. The summed E-state index contributed by atoms with van der Waals surface area (Å²) in [4.78, 5) is 0. The van der Waals surface area contributed by atoms with Crippen LogP contribution >= 0.6 is 15.9 Å². The van der Waals surface area contributed by atoms with Crippen molar-refractivity contribution in [2.75, 3.05) is 7.11 Å². The average molecular weight is 339 g/mol. The molecule has 3 N–H and O–H groups in total. The van der Waals surface area contributed by atoms with Crippen molar-refractivity contribution in [2.24, 2.45) is 5.84 Å². The van der Waals surface area contributed by atoms with Gasteiger partial charge in [0.2, 0.25) is 0 Å². The van der Waals surface area contributed by atoms with Gasteiger partial charge < -0.3 is 4.74 Å². The van der Waals surface area contributed by atoms with E-state index in [0.717, 1.165) is 10.0 Å². The molecule has 0 fully saturated rings. The largest absolute Gasteiger partial charge is 0.494 e. The second-order valence-corrected chi connectivity index (χ2v) is 5.23. The summed E-state index contributed by atoms with van der Waals surface area (Å²) in [5, 5.41) is 0. The van der Waals surface area contributed by atoms with Crippen molar-refractivity contribution in [2.45, 2.75) is 12.5 Å². The first-order chi connectivity index (χ1) is 9.67. The molecule has 0 bridgehead atoms. The Hall–Kier alpha value is -1.43. The van der Waals surface area contributed by atoms with Crippen LogP contribution < -0.4 is 16.0 Å². The molecule has 0 saturated heterocycles. The molecule has 0 amide bonds. The van der Waals surface area contributed by atoms with Gasteiger partial charge in [-0.25, -0.2) is 4.39 Å². The van der Waals surface area contributed by atoms with Crippen molar-refractivity contribution in [1.29, 1.82) is 0 Å². The van der Waals surface area contributed by atoms with E-state index in [1.54, 1.807) is 18.2 Å². The Kier molecular flexibility index (Phi) is 5.11. The summed E-state index contributed by atoms with van der Waals surface area (Å²) in [6.45, 7) is 0. The van der Waals surface area contributed by atoms with Gasteiger partial charge in [0.25, 0.3) is 0 Å². The monoisotopic (exact) mass is 338 g/mol. The highest BCUT2D eigenvalue weighted by Gasteiger charge is 2.17. The van der Waals surface area contributed by atoms with Crippen LogP contribution in [0.5, 0.6) is 5.75 Å². The van der Waals surface area contributed by atoms with E-state index in [4.69, 9.17) is 10.6 Å². The number of methoxy groups -OCH3 is 1. The van der Waals surface area contributed by atoms with Crippen LogP contribution in [-0.4, -0.2) is 7.11 Å². The predicted molar refractivity (Wildman–Crippen MR) is 80.9 cm³/mol. The molecule has 1 unspecified atom stereocenters. The standard InChI is InChI=1S/C15H16BrFN2O/c1-20-14-8-4-5-10(15(14)17)9-13(19-18)11-6-2-3-7-12(11)16/h2-8,13,19H,9,18H2,1H3. The van der Waals surface area contributed by atoms with Crippen molar-refractivity contribution in [3.63, 3.8) is 0 Å². The van der Waals surface area contributed by atoms with Gasteiger partial charge in [-0.05, 0) is 29.7 Å². The second-order valence-electron chi connectivity index (χ2n) is 4.38. The van der Waals surface area contributed by atoms with Gasteiger partial charge in [0.15, 0.2) is 11.6 Å². The number of ether oxygens (including phenoxy) is 1. The molecule has 0 spiro atoms. The third-order valence-electron chi connectivity index (χ3n) is 3.17. The van der Waals surface area contributed by atoms with E-state index in [2.05, 4.69) is 21.4 Å². The fourth-order valence-corrected chi connectivity index (χ4v) is 2.67. The molecule has 0 aliphatic carbocycles. The summed E-state index contributed by atoms with van der Waals surface area (Å²) in [7, 11) is 1.45. The maximum atomic E-state index is 14.2. The van der Waals surface area contributed by atoms with E-state index < -0.39 is 0 Å². The predicted octanol–water partition coefficient (Wildman–Crippen LogP) is 3.34. The maximum absolute atomic E-state index is 14.2. The van der Waals surface area contributed by atoms with E-state index in [-0.39, 0.29) is 17.6 Å². The van der Waals surface area contributed by atoms with Gasteiger partial charge in [0.1, 0.15) is 0 Å². The number of rotatable bonds is 5. The van der Waals surface area contributed by atoms with Gasteiger partial charge in [-0.1, -0.05) is 46.3 Å². The molecular formula is C15H16BrFN2O. The number of nitrogens with two attached hydrogens (primary N) is 1. The highest BCUT2D eigenvalue weighted by atomic mass is 79.9. The molecule has 0 aliphatic rings. The Balaban J connectivity index is 2.30. The Bertz CT molecular complexity index is 592. The van der Waals surface area contributed by atoms with Crippen molar-refractivity contribution in [3.8, 4) is 5.75 Å². The molecule has 2 aromatic carbocycles. The molecule has 5 heteroatoms. The lowest BCUT2D eigenvalue weighted by atomic mass is 9.99. The first-order valence-corrected chi connectivity index (χ1v) is 6.98. The lowest BCUT2D eigenvalue weighted by molar-refractivity contribution is 0.382. The van der Waals surface area contributed by atoms with Crippen LogP contribution in [0.2, 0.25) is 0 Å². The summed E-state index contributed by atoms with van der Waals surface area (Å²) in [5.74, 6) is 5.51. The topological polar surface area (TPSA) is 47.3 Å². The number of benzene rings is 2. The number of nitrogens with one attached hydrogen (secondary N) is 1. The SMILES string of the molecule is COc1cccc(CC(NN)c2ccccc2Br)c1F. The molecule has 0 radical (unpaired) electrons. The van der Waals surface area contributed by atoms with Gasteiger partial charge in [0, 0.05) is 4.47 Å². The van der Waals surface area contributed by atoms with Crippen molar-refractivity contribution in [3.05, 3.63) is 63.9 Å². The van der Waals surface area contributed by atoms with Crippen LogP contribution in [0.1, 0.15) is 17.2 Å². The Morgan fingerprint density at radius 3 is 2.65 bits per heavy atom. The van der Waals surface area contributed by atoms with E-state index in [9.17, 15) is 4.39 Å². The molecule has 0 heterocycles. The van der Waals surface area contributed by atoms with Crippen LogP contribution in [0, 0.1) is 5.82 Å². The number of halogens is 2. The Morgan fingerprint density at radius 2 is 2.00 bits per heavy atom. The van der Waals surface area contributed by atoms with Gasteiger partial charge in [-0.3, -0.25) is 11.3 Å². The second kappa shape index (κ2) is 6.83. The third kappa shape index (κ3) is 3.17. The summed E-state index contributed by atoms with van der Waals surface area (Å²) >= 11 is 3.48. The molecule has 20 heavy (non-hydrogen) atoms. The lowest BCUT2D eigenvalue weighted by Crippen LogP contribution is -2.30. The summed E-state index contributed by atoms with van der Waals surface area (Å²) < 4.78 is 20.1. The van der Waals surface area contributed by atoms with E-state index in [1.165, 1.54) is 7.11 Å². The molecule has 1 atom stereocenters. The highest BCUT2D eigenvalue weighted by molar-refractivity contribution is 9.10. The Labute approximate surface area is 126 Å². The van der Waals surface area contributed by atoms with Crippen LogP contribution in [0.4, 0.5) is 4.39 Å². The zero-order chi connectivity index (χ0) is 14.5. The number of hydrazine groups is 1. The molecule has 3 nitrogen and oxygen atoms in total. The fourth-order valence-electron chi connectivity index (χ4n) is 2.11. The van der Waals surface area contributed by atoms with Gasteiger partial charge in [0.05, 0.1) is 13.2 Å². The lowest BCUT2D eigenvalue weighted by Gasteiger charge is -2.18. The maximum Gasteiger partial charge on any atom is 0.168 e. The van der Waals surface area contributed by atoms with Crippen LogP contribution in [0.25, 0.3) is 0 Å². The average Bonchev–Trinajstić information content (AvgIpc) is 2.47. The van der Waals surface area contributed by atoms with E-state index in [0.29, 0.717) is 12.0 Å². The third-order valence-corrected chi connectivity index (χ3v) is 3.89. The van der Waals surface area contributed by atoms with Gasteiger partial charge in [-0.15, -0.1) is 0 Å². The van der Waals surface area contributed by atoms with Crippen molar-refractivity contribution in [1.82, 2.24) is 5.43 Å². The van der Waals surface area contributed by atoms with Crippen molar-refractivity contribution < 1.29 is 9.13 Å². The minimum Gasteiger partial charge on any atom is -0.494 e. The summed E-state index contributed by atoms with van der Waals surface area (Å²) in [6, 6.07) is 12.6. The quantitative estimate of drug-likeness (QED) is 0.649.